The molecular weight excluding hydrogens is 592 g/mol. The van der Waals surface area contributed by atoms with Crippen molar-refractivity contribution in [2.75, 3.05) is 19.8 Å². The molecule has 1 fully saturated rings. The number of aryl methyl sites for hydroxylation is 3. The van der Waals surface area contributed by atoms with Crippen LogP contribution in [0.15, 0.2) is 66.7 Å². The summed E-state index contributed by atoms with van der Waals surface area (Å²) >= 11 is 0. The lowest BCUT2D eigenvalue weighted by molar-refractivity contribution is -0.119. The Morgan fingerprint density at radius 3 is 2.38 bits per heavy atom. The highest BCUT2D eigenvalue weighted by Crippen LogP contribution is 2.31. The average Bonchev–Trinajstić information content (AvgIpc) is 3.50. The molecule has 0 N–H and O–H groups in total. The van der Waals surface area contributed by atoms with Crippen molar-refractivity contribution < 1.29 is 14.3 Å². The van der Waals surface area contributed by atoms with Crippen molar-refractivity contribution in [2.24, 2.45) is 5.92 Å². The molecule has 48 heavy (non-hydrogen) atoms. The van der Waals surface area contributed by atoms with Crippen LogP contribution in [0.3, 0.4) is 0 Å². The first kappa shape index (κ1) is 35.9. The van der Waals surface area contributed by atoms with Gasteiger partial charge >= 0.3 is 0 Å². The maximum Gasteiger partial charge on any atom is 0.132 e. The van der Waals surface area contributed by atoms with Crippen molar-refractivity contribution in [2.45, 2.75) is 123 Å². The third-order valence-electron chi connectivity index (χ3n) is 9.93. The molecule has 258 valence electrons. The van der Waals surface area contributed by atoms with E-state index in [2.05, 4.69) is 99.1 Å². The van der Waals surface area contributed by atoms with Gasteiger partial charge in [0.1, 0.15) is 11.5 Å². The molecule has 3 aromatic carbocycles. The number of Topliss-reactive ketones (excluding diaryl/α,β-unsaturated/α-hetero) is 1. The van der Waals surface area contributed by atoms with Crippen LogP contribution in [0.1, 0.15) is 120 Å². The zero-order valence-corrected chi connectivity index (χ0v) is 30.1. The molecule has 1 saturated heterocycles. The van der Waals surface area contributed by atoms with E-state index in [-0.39, 0.29) is 5.41 Å². The van der Waals surface area contributed by atoms with Gasteiger partial charge in [0.15, 0.2) is 0 Å². The SMILES string of the molecule is Cc1ccc(-n2nc(C(C)(C)C)cc2CCCCC(=O)CCCCc2ccc(OCCCC3CCCCOCC3)c3ccccc23)cc1. The van der Waals surface area contributed by atoms with Crippen LogP contribution < -0.4 is 4.74 Å². The van der Waals surface area contributed by atoms with E-state index in [1.165, 1.54) is 59.7 Å². The maximum atomic E-state index is 12.8. The summed E-state index contributed by atoms with van der Waals surface area (Å²) in [5.74, 6) is 2.14. The third kappa shape index (κ3) is 10.5. The monoisotopic (exact) mass is 650 g/mol. The highest BCUT2D eigenvalue weighted by atomic mass is 16.5. The number of carbonyl (C=O) groups is 1. The van der Waals surface area contributed by atoms with Crippen LogP contribution in [0.5, 0.6) is 5.75 Å². The zero-order valence-electron chi connectivity index (χ0n) is 30.1. The quantitative estimate of drug-likeness (QED) is 0.113. The molecule has 0 amide bonds. The highest BCUT2D eigenvalue weighted by molar-refractivity contribution is 5.91. The van der Waals surface area contributed by atoms with Crippen LogP contribution in [0.25, 0.3) is 16.5 Å². The molecule has 5 heteroatoms. The van der Waals surface area contributed by atoms with Crippen molar-refractivity contribution in [1.29, 1.82) is 0 Å². The summed E-state index contributed by atoms with van der Waals surface area (Å²) in [6.45, 7) is 11.3. The number of ketones is 1. The van der Waals surface area contributed by atoms with E-state index in [4.69, 9.17) is 14.6 Å². The van der Waals surface area contributed by atoms with E-state index < -0.39 is 0 Å². The van der Waals surface area contributed by atoms with E-state index >= 15 is 0 Å². The minimum Gasteiger partial charge on any atom is -0.493 e. The maximum absolute atomic E-state index is 12.8. The van der Waals surface area contributed by atoms with Crippen LogP contribution in [0.4, 0.5) is 0 Å². The van der Waals surface area contributed by atoms with Crippen molar-refractivity contribution in [3.05, 3.63) is 89.2 Å². The zero-order chi connectivity index (χ0) is 33.8. The van der Waals surface area contributed by atoms with Crippen molar-refractivity contribution >= 4 is 16.6 Å². The van der Waals surface area contributed by atoms with Gasteiger partial charge in [0.2, 0.25) is 0 Å². The van der Waals surface area contributed by atoms with Gasteiger partial charge in [-0.25, -0.2) is 4.68 Å². The Morgan fingerprint density at radius 2 is 1.60 bits per heavy atom. The van der Waals surface area contributed by atoms with E-state index in [1.54, 1.807) is 0 Å². The smallest absolute Gasteiger partial charge is 0.132 e. The summed E-state index contributed by atoms with van der Waals surface area (Å²) in [6.07, 6.45) is 14.4. The molecule has 0 spiro atoms. The van der Waals surface area contributed by atoms with Gasteiger partial charge in [-0.3, -0.25) is 4.79 Å². The Labute approximate surface area is 289 Å². The number of hydrogen-bond acceptors (Lipinski definition) is 4. The molecule has 1 unspecified atom stereocenters. The first-order valence-electron chi connectivity index (χ1n) is 18.7. The first-order chi connectivity index (χ1) is 23.3. The minimum atomic E-state index is -0.00738. The predicted molar refractivity (Wildman–Crippen MR) is 199 cm³/mol. The molecule has 1 aliphatic heterocycles. The molecule has 5 nitrogen and oxygen atoms in total. The highest BCUT2D eigenvalue weighted by Gasteiger charge is 2.20. The van der Waals surface area contributed by atoms with Gasteiger partial charge in [0.25, 0.3) is 0 Å². The fourth-order valence-corrected chi connectivity index (χ4v) is 6.92. The van der Waals surface area contributed by atoms with E-state index in [9.17, 15) is 4.79 Å². The summed E-state index contributed by atoms with van der Waals surface area (Å²) in [5.41, 5.74) is 6.02. The van der Waals surface area contributed by atoms with Crippen LogP contribution in [0.2, 0.25) is 0 Å². The summed E-state index contributed by atoms with van der Waals surface area (Å²) in [4.78, 5) is 12.8. The van der Waals surface area contributed by atoms with Crippen LogP contribution in [0, 0.1) is 12.8 Å². The Kier molecular flexibility index (Phi) is 13.3. The summed E-state index contributed by atoms with van der Waals surface area (Å²) in [7, 11) is 0. The van der Waals surface area contributed by atoms with Crippen LogP contribution in [-0.4, -0.2) is 35.4 Å². The van der Waals surface area contributed by atoms with E-state index in [1.807, 2.05) is 0 Å². The average molecular weight is 651 g/mol. The van der Waals surface area contributed by atoms with E-state index in [0.717, 1.165) is 87.8 Å². The fourth-order valence-electron chi connectivity index (χ4n) is 6.92. The number of hydrogen-bond donors (Lipinski definition) is 0. The predicted octanol–water partition coefficient (Wildman–Crippen LogP) is 10.7. The van der Waals surface area contributed by atoms with Crippen LogP contribution >= 0.6 is 0 Å². The number of unbranched alkanes of at least 4 members (excludes halogenated alkanes) is 2. The number of benzene rings is 3. The van der Waals surface area contributed by atoms with Gasteiger partial charge in [0, 0.05) is 42.6 Å². The number of carbonyl (C=O) groups excluding carboxylic acids is 1. The van der Waals surface area contributed by atoms with Gasteiger partial charge < -0.3 is 9.47 Å². The molecule has 1 aromatic heterocycles. The third-order valence-corrected chi connectivity index (χ3v) is 9.93. The largest absolute Gasteiger partial charge is 0.493 e. The number of rotatable bonds is 16. The summed E-state index contributed by atoms with van der Waals surface area (Å²) in [5, 5.41) is 7.44. The van der Waals surface area contributed by atoms with Gasteiger partial charge in [0.05, 0.1) is 18.0 Å². The van der Waals surface area contributed by atoms with Crippen molar-refractivity contribution in [3.63, 3.8) is 0 Å². The molecule has 1 atom stereocenters. The lowest BCUT2D eigenvalue weighted by atomic mass is 9.92. The Balaban J connectivity index is 1.04. The lowest BCUT2D eigenvalue weighted by Gasteiger charge is -2.20. The lowest BCUT2D eigenvalue weighted by Crippen LogP contribution is -2.12. The van der Waals surface area contributed by atoms with Gasteiger partial charge in [-0.15, -0.1) is 0 Å². The second-order valence-corrected chi connectivity index (χ2v) is 15.0. The number of nitrogens with zero attached hydrogens (tertiary/aromatic N) is 2. The van der Waals surface area contributed by atoms with Gasteiger partial charge in [-0.2, -0.15) is 5.10 Å². The molecule has 2 heterocycles. The Bertz CT molecular complexity index is 1570. The molecule has 0 aliphatic carbocycles. The minimum absolute atomic E-state index is 0.00738. The van der Waals surface area contributed by atoms with Crippen molar-refractivity contribution in [3.8, 4) is 11.4 Å². The van der Waals surface area contributed by atoms with E-state index in [0.29, 0.717) is 18.6 Å². The number of fused-ring (bicyclic) bond motifs is 1. The Morgan fingerprint density at radius 1 is 0.854 bits per heavy atom. The normalized spacial score (nSPS) is 15.7. The van der Waals surface area contributed by atoms with Crippen molar-refractivity contribution in [1.82, 2.24) is 9.78 Å². The number of ether oxygens (including phenoxy) is 2. The van der Waals surface area contributed by atoms with Crippen LogP contribution in [-0.2, 0) is 27.8 Å². The summed E-state index contributed by atoms with van der Waals surface area (Å²) in [6, 6.07) is 23.8. The van der Waals surface area contributed by atoms with Gasteiger partial charge in [-0.1, -0.05) is 81.6 Å². The fraction of sp³-hybridized carbons (Fsp3) is 0.535. The molecule has 5 rings (SSSR count). The topological polar surface area (TPSA) is 53.4 Å². The second-order valence-electron chi connectivity index (χ2n) is 15.0. The molecule has 1 aliphatic rings. The summed E-state index contributed by atoms with van der Waals surface area (Å²) < 4.78 is 14.1. The molecule has 0 bridgehead atoms. The standard InChI is InChI=1S/C43H58N2O3/c1-33-22-25-36(26-23-33)45-37(32-42(44-45)43(2,3)4)17-6-8-19-38(46)18-7-5-16-35-24-27-41(40-21-10-9-20-39(35)40)48-30-13-15-34-14-11-12-29-47-31-28-34/h9-10,20-27,32,34H,5-8,11-19,28-31H2,1-4H3. The Hall–Kier alpha value is -3.44. The number of aromatic nitrogens is 2. The molecule has 0 radical (unpaired) electrons. The van der Waals surface area contributed by atoms with Gasteiger partial charge in [-0.05, 0) is 112 Å². The molecule has 0 saturated carbocycles. The molecular formula is C43H58N2O3. The first-order valence-corrected chi connectivity index (χ1v) is 18.7. The second kappa shape index (κ2) is 17.8. The molecule has 4 aromatic rings.